The highest BCUT2D eigenvalue weighted by molar-refractivity contribution is 7.07. The van der Waals surface area contributed by atoms with Crippen LogP contribution < -0.4 is 24.4 Å². The van der Waals surface area contributed by atoms with E-state index < -0.39 is 0 Å². The van der Waals surface area contributed by atoms with E-state index in [1.165, 1.54) is 16.9 Å². The summed E-state index contributed by atoms with van der Waals surface area (Å²) in [6, 6.07) is 23.4. The predicted molar refractivity (Wildman–Crippen MR) is 166 cm³/mol. The number of aryl methyl sites for hydroxylation is 2. The van der Waals surface area contributed by atoms with E-state index in [2.05, 4.69) is 18.2 Å². The van der Waals surface area contributed by atoms with Gasteiger partial charge < -0.3 is 13.9 Å². The van der Waals surface area contributed by atoms with Crippen molar-refractivity contribution in [2.24, 2.45) is 4.99 Å². The molecule has 42 heavy (non-hydrogen) atoms. The number of hydrogen-bond donors (Lipinski definition) is 0. The molecule has 0 bridgehead atoms. The molecule has 0 spiro atoms. The molecule has 1 aliphatic heterocycles. The quantitative estimate of drug-likeness (QED) is 0.231. The Balaban J connectivity index is 1.41. The number of fused-ring (bicyclic) bond motifs is 3. The number of halogens is 1. The van der Waals surface area contributed by atoms with Gasteiger partial charge >= 0.3 is 0 Å². The van der Waals surface area contributed by atoms with Crippen LogP contribution in [-0.2, 0) is 6.42 Å². The van der Waals surface area contributed by atoms with Crippen LogP contribution in [0.4, 0.5) is 0 Å². The van der Waals surface area contributed by atoms with E-state index in [1.54, 1.807) is 20.3 Å². The highest BCUT2D eigenvalue weighted by Crippen LogP contribution is 2.42. The van der Waals surface area contributed by atoms with Gasteiger partial charge in [-0.2, -0.15) is 0 Å². The normalized spacial score (nSPS) is 16.0. The number of allylic oxidation sites excluding steroid dienone is 1. The third-order valence-corrected chi connectivity index (χ3v) is 9.18. The minimum Gasteiger partial charge on any atom is -0.493 e. The summed E-state index contributed by atoms with van der Waals surface area (Å²) in [5, 5.41) is 0.641. The van der Waals surface area contributed by atoms with E-state index in [9.17, 15) is 4.79 Å². The van der Waals surface area contributed by atoms with Crippen molar-refractivity contribution in [2.45, 2.75) is 25.8 Å². The summed E-state index contributed by atoms with van der Waals surface area (Å²) in [6.45, 7) is 2.01. The van der Waals surface area contributed by atoms with Crippen molar-refractivity contribution in [3.05, 3.63) is 131 Å². The first-order valence-electron chi connectivity index (χ1n) is 13.7. The predicted octanol–water partition coefficient (Wildman–Crippen LogP) is 6.56. The lowest BCUT2D eigenvalue weighted by atomic mass is 9.83. The number of ether oxygens (including phenoxy) is 2. The third kappa shape index (κ3) is 4.40. The molecule has 210 valence electrons. The number of methoxy groups -OCH3 is 2. The van der Waals surface area contributed by atoms with E-state index in [0.29, 0.717) is 37.4 Å². The number of thiazole rings is 1. The highest BCUT2D eigenvalue weighted by Gasteiger charge is 2.33. The number of aromatic nitrogens is 1. The Labute approximate surface area is 251 Å². The zero-order valence-electron chi connectivity index (χ0n) is 23.3. The van der Waals surface area contributed by atoms with Gasteiger partial charge in [0.2, 0.25) is 0 Å². The van der Waals surface area contributed by atoms with E-state index in [-0.39, 0.29) is 11.6 Å². The van der Waals surface area contributed by atoms with Crippen LogP contribution in [0, 0.1) is 6.92 Å². The summed E-state index contributed by atoms with van der Waals surface area (Å²) in [5.74, 6) is 2.54. The number of rotatable bonds is 5. The minimum atomic E-state index is -0.326. The Bertz CT molecular complexity index is 2080. The molecule has 0 amide bonds. The van der Waals surface area contributed by atoms with Crippen molar-refractivity contribution in [2.75, 3.05) is 14.2 Å². The van der Waals surface area contributed by atoms with Gasteiger partial charge in [0, 0.05) is 22.2 Å². The molecule has 0 fully saturated rings. The largest absolute Gasteiger partial charge is 0.493 e. The van der Waals surface area contributed by atoms with Crippen LogP contribution in [0.2, 0.25) is 5.02 Å². The van der Waals surface area contributed by atoms with Crippen LogP contribution in [0.1, 0.15) is 40.5 Å². The maximum atomic E-state index is 14.1. The molecule has 5 aromatic rings. The van der Waals surface area contributed by atoms with Gasteiger partial charge in [-0.1, -0.05) is 59.3 Å². The number of hydrogen-bond acceptors (Lipinski definition) is 6. The monoisotopic (exact) mass is 594 g/mol. The molecule has 3 aromatic carbocycles. The minimum absolute atomic E-state index is 0.110. The summed E-state index contributed by atoms with van der Waals surface area (Å²) in [6.07, 6.45) is 3.49. The Hall–Kier alpha value is -4.33. The van der Waals surface area contributed by atoms with Gasteiger partial charge in [-0.15, -0.1) is 0 Å². The summed E-state index contributed by atoms with van der Waals surface area (Å²) < 4.78 is 19.7. The molecule has 0 radical (unpaired) electrons. The smallest absolute Gasteiger partial charge is 0.271 e. The molecule has 8 heteroatoms. The second-order valence-corrected chi connectivity index (χ2v) is 11.8. The van der Waals surface area contributed by atoms with Crippen LogP contribution in [0.15, 0.2) is 92.6 Å². The summed E-state index contributed by atoms with van der Waals surface area (Å²) in [5.41, 5.74) is 7.26. The maximum absolute atomic E-state index is 14.1. The molecule has 6 nitrogen and oxygen atoms in total. The molecular formula is C34H27ClN2O4S. The summed E-state index contributed by atoms with van der Waals surface area (Å²) >= 11 is 7.62. The lowest BCUT2D eigenvalue weighted by molar-refractivity contribution is 0.354. The average molecular weight is 595 g/mol. The molecule has 7 rings (SSSR count). The molecule has 2 aliphatic rings. The van der Waals surface area contributed by atoms with Crippen LogP contribution in [-0.4, -0.2) is 18.8 Å². The van der Waals surface area contributed by atoms with Crippen LogP contribution in [0.3, 0.4) is 0 Å². The zero-order valence-corrected chi connectivity index (χ0v) is 24.9. The second kappa shape index (κ2) is 10.5. The fourth-order valence-corrected chi connectivity index (χ4v) is 7.06. The van der Waals surface area contributed by atoms with Gasteiger partial charge in [0.25, 0.3) is 5.56 Å². The standard InChI is InChI=1S/C34H27ClN2O4S/c1-19-8-11-22(35)17-26(19)27-15-12-23(41-27)18-30-33(38)37-32(21-10-14-28(39-2)29(16-21)40-3)25-13-9-20-6-4-5-7-24(20)31(25)36-34(37)42-30/h4-8,10-12,14-18,32H,9,13H2,1-3H3/b30-18-/t32-/m1/s1. The molecular weight excluding hydrogens is 568 g/mol. The SMILES string of the molecule is COc1ccc([C@@H]2C3=C(N=c4s/c(=C\c5ccc(-c6cc(Cl)ccc6C)o5)c(=O)n42)c2ccccc2CC3)cc1OC. The maximum Gasteiger partial charge on any atom is 0.271 e. The van der Waals surface area contributed by atoms with Gasteiger partial charge in [0.15, 0.2) is 16.3 Å². The van der Waals surface area contributed by atoms with Crippen molar-refractivity contribution in [3.63, 3.8) is 0 Å². The molecule has 1 atom stereocenters. The first-order chi connectivity index (χ1) is 20.4. The van der Waals surface area contributed by atoms with Gasteiger partial charge in [0.05, 0.1) is 30.5 Å². The van der Waals surface area contributed by atoms with E-state index in [4.69, 9.17) is 30.5 Å². The van der Waals surface area contributed by atoms with Crippen LogP contribution in [0.25, 0.3) is 23.1 Å². The fourth-order valence-electron chi connectivity index (χ4n) is 5.91. The highest BCUT2D eigenvalue weighted by atomic mass is 35.5. The van der Waals surface area contributed by atoms with Crippen molar-refractivity contribution < 1.29 is 13.9 Å². The Kier molecular flexibility index (Phi) is 6.64. The van der Waals surface area contributed by atoms with Gasteiger partial charge in [-0.25, -0.2) is 4.99 Å². The van der Waals surface area contributed by atoms with Crippen molar-refractivity contribution >= 4 is 34.7 Å². The Morgan fingerprint density at radius 3 is 2.64 bits per heavy atom. The summed E-state index contributed by atoms with van der Waals surface area (Å²) in [4.78, 5) is 19.9. The zero-order chi connectivity index (χ0) is 29.0. The third-order valence-electron chi connectivity index (χ3n) is 7.96. The fraction of sp³-hybridized carbons (Fsp3) is 0.176. The number of benzene rings is 3. The molecule has 0 saturated carbocycles. The molecule has 0 saturated heterocycles. The van der Waals surface area contributed by atoms with Crippen molar-refractivity contribution in [3.8, 4) is 22.8 Å². The van der Waals surface area contributed by atoms with E-state index in [0.717, 1.165) is 46.4 Å². The first-order valence-corrected chi connectivity index (χ1v) is 14.9. The first kappa shape index (κ1) is 26.6. The summed E-state index contributed by atoms with van der Waals surface area (Å²) in [7, 11) is 3.24. The van der Waals surface area contributed by atoms with Gasteiger partial charge in [0.1, 0.15) is 11.5 Å². The second-order valence-electron chi connectivity index (χ2n) is 10.4. The topological polar surface area (TPSA) is 66.0 Å². The van der Waals surface area contributed by atoms with E-state index >= 15 is 0 Å². The van der Waals surface area contributed by atoms with Gasteiger partial charge in [-0.05, 0) is 78.4 Å². The number of nitrogens with zero attached hydrogens (tertiary/aromatic N) is 2. The molecule has 2 aromatic heterocycles. The van der Waals surface area contributed by atoms with Gasteiger partial charge in [-0.3, -0.25) is 9.36 Å². The van der Waals surface area contributed by atoms with E-state index in [1.807, 2.05) is 66.1 Å². The Morgan fingerprint density at radius 2 is 1.81 bits per heavy atom. The molecule has 1 aliphatic carbocycles. The lowest BCUT2D eigenvalue weighted by Gasteiger charge is -2.31. The van der Waals surface area contributed by atoms with Crippen molar-refractivity contribution in [1.29, 1.82) is 0 Å². The van der Waals surface area contributed by atoms with Crippen LogP contribution in [0.5, 0.6) is 11.5 Å². The average Bonchev–Trinajstić information content (AvgIpc) is 3.60. The van der Waals surface area contributed by atoms with Crippen LogP contribution >= 0.6 is 22.9 Å². The molecule has 0 N–H and O–H groups in total. The Morgan fingerprint density at radius 1 is 0.976 bits per heavy atom. The number of furan rings is 1. The molecule has 0 unspecified atom stereocenters. The van der Waals surface area contributed by atoms with Crippen molar-refractivity contribution in [1.82, 2.24) is 4.57 Å². The lowest BCUT2D eigenvalue weighted by Crippen LogP contribution is -2.38. The molecule has 3 heterocycles.